The molecular formula is C21H23ClN2O5. The molecule has 29 heavy (non-hydrogen) atoms. The van der Waals surface area contributed by atoms with Crippen molar-refractivity contribution in [1.29, 1.82) is 0 Å². The van der Waals surface area contributed by atoms with E-state index >= 15 is 0 Å². The smallest absolute Gasteiger partial charge is 0.320 e. The van der Waals surface area contributed by atoms with Crippen LogP contribution < -0.4 is 5.32 Å². The molecule has 1 aromatic carbocycles. The van der Waals surface area contributed by atoms with Gasteiger partial charge in [0.05, 0.1) is 17.5 Å². The van der Waals surface area contributed by atoms with Crippen molar-refractivity contribution in [2.45, 2.75) is 40.5 Å². The zero-order valence-electron chi connectivity index (χ0n) is 16.8. The van der Waals surface area contributed by atoms with Gasteiger partial charge < -0.3 is 10.1 Å². The van der Waals surface area contributed by atoms with Gasteiger partial charge in [-0.25, -0.2) is 0 Å². The second-order valence-corrected chi connectivity index (χ2v) is 8.16. The summed E-state index contributed by atoms with van der Waals surface area (Å²) in [5, 5.41) is 3.95. The molecule has 0 unspecified atom stereocenters. The van der Waals surface area contributed by atoms with Crippen LogP contribution in [0.5, 0.6) is 0 Å². The maximum atomic E-state index is 12.7. The van der Waals surface area contributed by atoms with Crippen LogP contribution in [0.15, 0.2) is 24.3 Å². The summed E-state index contributed by atoms with van der Waals surface area (Å²) in [6.07, 6.45) is -0.554. The normalized spacial score (nSPS) is 11.2. The highest BCUT2D eigenvalue weighted by Gasteiger charge is 2.26. The molecule has 0 saturated carbocycles. The standard InChI is InChI=1S/C21H23ClN2O5/c1-12-5-6-14-8-15(22)9-16(19(14)24-12)20(28)23-11-21(3,4)10-18(27)29-17(26)7-13(2)25/h5-6,8-9H,7,10-11H2,1-4H3,(H,23,28). The van der Waals surface area contributed by atoms with E-state index in [-0.39, 0.29) is 24.7 Å². The number of nitrogens with zero attached hydrogens (tertiary/aromatic N) is 1. The van der Waals surface area contributed by atoms with E-state index in [4.69, 9.17) is 11.6 Å². The van der Waals surface area contributed by atoms with Crippen molar-refractivity contribution in [3.05, 3.63) is 40.5 Å². The van der Waals surface area contributed by atoms with Gasteiger partial charge in [0.1, 0.15) is 12.2 Å². The summed E-state index contributed by atoms with van der Waals surface area (Å²) in [6.45, 7) is 6.73. The van der Waals surface area contributed by atoms with Crippen LogP contribution in [-0.4, -0.2) is 35.2 Å². The van der Waals surface area contributed by atoms with Gasteiger partial charge in [-0.2, -0.15) is 0 Å². The zero-order valence-corrected chi connectivity index (χ0v) is 17.6. The molecule has 0 fully saturated rings. The number of hydrogen-bond donors (Lipinski definition) is 1. The average molecular weight is 419 g/mol. The van der Waals surface area contributed by atoms with Gasteiger partial charge in [-0.15, -0.1) is 0 Å². The summed E-state index contributed by atoms with van der Waals surface area (Å²) >= 11 is 6.13. The van der Waals surface area contributed by atoms with E-state index in [9.17, 15) is 19.2 Å². The molecule has 2 rings (SSSR count). The highest BCUT2D eigenvalue weighted by atomic mass is 35.5. The molecule has 1 amide bonds. The first kappa shape index (κ1) is 22.5. The van der Waals surface area contributed by atoms with Crippen LogP contribution in [0.25, 0.3) is 10.9 Å². The third kappa shape index (κ3) is 6.64. The van der Waals surface area contributed by atoms with Gasteiger partial charge in [-0.1, -0.05) is 31.5 Å². The number of hydrogen-bond acceptors (Lipinski definition) is 6. The molecule has 0 atom stereocenters. The molecule has 7 nitrogen and oxygen atoms in total. The van der Waals surface area contributed by atoms with Crippen molar-refractivity contribution < 1.29 is 23.9 Å². The molecular weight excluding hydrogens is 396 g/mol. The number of Topliss-reactive ketones (excluding diaryl/α,β-unsaturated/α-hetero) is 1. The number of carbonyl (C=O) groups is 4. The molecule has 2 aromatic rings. The highest BCUT2D eigenvalue weighted by Crippen LogP contribution is 2.24. The lowest BCUT2D eigenvalue weighted by atomic mass is 9.89. The van der Waals surface area contributed by atoms with Gasteiger partial charge in [0.2, 0.25) is 0 Å². The predicted molar refractivity (Wildman–Crippen MR) is 109 cm³/mol. The fourth-order valence-electron chi connectivity index (χ4n) is 2.74. The molecule has 0 aliphatic heterocycles. The number of aromatic nitrogens is 1. The largest absolute Gasteiger partial charge is 0.393 e. The molecule has 1 N–H and O–H groups in total. The van der Waals surface area contributed by atoms with Crippen LogP contribution in [0.2, 0.25) is 5.02 Å². The molecule has 0 aliphatic carbocycles. The van der Waals surface area contributed by atoms with Crippen molar-refractivity contribution in [2.75, 3.05) is 6.54 Å². The minimum atomic E-state index is -0.880. The molecule has 0 spiro atoms. The van der Waals surface area contributed by atoms with Gasteiger partial charge in [-0.3, -0.25) is 24.2 Å². The van der Waals surface area contributed by atoms with Crippen molar-refractivity contribution in [2.24, 2.45) is 5.41 Å². The first-order valence-corrected chi connectivity index (χ1v) is 9.43. The quantitative estimate of drug-likeness (QED) is 0.546. The SMILES string of the molecule is CC(=O)CC(=O)OC(=O)CC(C)(C)CNC(=O)c1cc(Cl)cc2ccc(C)nc12. The molecule has 0 bridgehead atoms. The van der Waals surface area contributed by atoms with Gasteiger partial charge in [0.25, 0.3) is 5.91 Å². The van der Waals surface area contributed by atoms with E-state index in [1.54, 1.807) is 26.0 Å². The Morgan fingerprint density at radius 1 is 1.14 bits per heavy atom. The second kappa shape index (κ2) is 9.13. The summed E-state index contributed by atoms with van der Waals surface area (Å²) in [5.41, 5.74) is 0.971. The van der Waals surface area contributed by atoms with Gasteiger partial charge in [0.15, 0.2) is 0 Å². The zero-order chi connectivity index (χ0) is 21.8. The van der Waals surface area contributed by atoms with Crippen LogP contribution in [0.3, 0.4) is 0 Å². The fraction of sp³-hybridized carbons (Fsp3) is 0.381. The molecule has 8 heteroatoms. The number of carbonyl (C=O) groups excluding carboxylic acids is 4. The van der Waals surface area contributed by atoms with Crippen LogP contribution >= 0.6 is 11.6 Å². The molecule has 0 saturated heterocycles. The number of amides is 1. The first-order valence-electron chi connectivity index (χ1n) is 9.05. The van der Waals surface area contributed by atoms with Crippen LogP contribution in [0.4, 0.5) is 0 Å². The Labute approximate surface area is 173 Å². The maximum Gasteiger partial charge on any atom is 0.320 e. The number of ketones is 1. The number of fused-ring (bicyclic) bond motifs is 1. The van der Waals surface area contributed by atoms with Crippen molar-refractivity contribution >= 4 is 46.1 Å². The van der Waals surface area contributed by atoms with Crippen molar-refractivity contribution in [1.82, 2.24) is 10.3 Å². The number of benzene rings is 1. The van der Waals surface area contributed by atoms with Crippen LogP contribution in [0.1, 0.15) is 49.7 Å². The first-order chi connectivity index (χ1) is 13.5. The van der Waals surface area contributed by atoms with E-state index in [2.05, 4.69) is 15.0 Å². The Kier molecular flexibility index (Phi) is 7.08. The molecule has 1 aromatic heterocycles. The third-order valence-electron chi connectivity index (χ3n) is 4.11. The second-order valence-electron chi connectivity index (χ2n) is 7.73. The number of ether oxygens (including phenoxy) is 1. The number of aryl methyl sites for hydroxylation is 1. The maximum absolute atomic E-state index is 12.7. The summed E-state index contributed by atoms with van der Waals surface area (Å²) in [4.78, 5) is 51.4. The topological polar surface area (TPSA) is 102 Å². The Hall–Kier alpha value is -2.80. The molecule has 0 radical (unpaired) electrons. The Morgan fingerprint density at radius 3 is 2.48 bits per heavy atom. The Balaban J connectivity index is 2.05. The summed E-state index contributed by atoms with van der Waals surface area (Å²) in [6, 6.07) is 6.96. The fourth-order valence-corrected chi connectivity index (χ4v) is 2.97. The van der Waals surface area contributed by atoms with Gasteiger partial charge in [0, 0.05) is 22.6 Å². The van der Waals surface area contributed by atoms with Crippen molar-refractivity contribution in [3.63, 3.8) is 0 Å². The van der Waals surface area contributed by atoms with Gasteiger partial charge in [-0.05, 0) is 37.5 Å². The van der Waals surface area contributed by atoms with E-state index in [1.165, 1.54) is 6.92 Å². The minimum Gasteiger partial charge on any atom is -0.393 e. The summed E-state index contributed by atoms with van der Waals surface area (Å²) < 4.78 is 4.64. The Morgan fingerprint density at radius 2 is 1.83 bits per heavy atom. The summed E-state index contributed by atoms with van der Waals surface area (Å²) in [5.74, 6) is -2.38. The lowest BCUT2D eigenvalue weighted by molar-refractivity contribution is -0.161. The number of nitrogens with one attached hydrogen (secondary N) is 1. The highest BCUT2D eigenvalue weighted by molar-refractivity contribution is 6.32. The van der Waals surface area contributed by atoms with Gasteiger partial charge >= 0.3 is 11.9 Å². The average Bonchev–Trinajstić information content (AvgIpc) is 2.58. The minimum absolute atomic E-state index is 0.107. The van der Waals surface area contributed by atoms with Crippen LogP contribution in [0, 0.1) is 12.3 Å². The lowest BCUT2D eigenvalue weighted by Crippen LogP contribution is -2.36. The number of rotatable bonds is 7. The van der Waals surface area contributed by atoms with E-state index in [0.717, 1.165) is 11.1 Å². The van der Waals surface area contributed by atoms with E-state index < -0.39 is 23.8 Å². The molecule has 154 valence electrons. The number of halogens is 1. The number of esters is 2. The third-order valence-corrected chi connectivity index (χ3v) is 4.33. The number of pyridine rings is 1. The Bertz CT molecular complexity index is 984. The van der Waals surface area contributed by atoms with E-state index in [1.807, 2.05) is 19.1 Å². The van der Waals surface area contributed by atoms with Crippen LogP contribution in [-0.2, 0) is 19.1 Å². The molecule has 0 aliphatic rings. The monoisotopic (exact) mass is 418 g/mol. The predicted octanol–water partition coefficient (Wildman–Crippen LogP) is 3.39. The van der Waals surface area contributed by atoms with E-state index in [0.29, 0.717) is 16.1 Å². The molecule has 1 heterocycles. The van der Waals surface area contributed by atoms with Crippen molar-refractivity contribution in [3.8, 4) is 0 Å². The lowest BCUT2D eigenvalue weighted by Gasteiger charge is -2.23. The summed E-state index contributed by atoms with van der Waals surface area (Å²) in [7, 11) is 0.